The minimum absolute atomic E-state index is 0.716. The maximum absolute atomic E-state index is 6.05. The fourth-order valence-corrected chi connectivity index (χ4v) is 3.33. The van der Waals surface area contributed by atoms with Crippen molar-refractivity contribution in [2.24, 2.45) is 0 Å². The van der Waals surface area contributed by atoms with Crippen molar-refractivity contribution < 1.29 is 0 Å². The van der Waals surface area contributed by atoms with E-state index in [1.165, 1.54) is 37.7 Å². The van der Waals surface area contributed by atoms with Gasteiger partial charge in [0.2, 0.25) is 0 Å². The Bertz CT molecular complexity index is 400. The van der Waals surface area contributed by atoms with E-state index in [0.29, 0.717) is 6.04 Å². The molecule has 2 nitrogen and oxygen atoms in total. The molecule has 0 saturated heterocycles. The highest BCUT2D eigenvalue weighted by atomic mass is 35.5. The van der Waals surface area contributed by atoms with Crippen LogP contribution in [0.4, 0.5) is 0 Å². The highest BCUT2D eigenvalue weighted by Gasteiger charge is 2.23. The lowest BCUT2D eigenvalue weighted by Crippen LogP contribution is -2.40. The average molecular weight is 295 g/mol. The maximum Gasteiger partial charge on any atom is 0.0409 e. The van der Waals surface area contributed by atoms with Gasteiger partial charge in [-0.1, -0.05) is 30.7 Å². The van der Waals surface area contributed by atoms with Crippen molar-refractivity contribution in [1.29, 1.82) is 0 Å². The molecule has 1 N–H and O–H groups in total. The molecule has 0 aromatic heterocycles. The number of hydrogen-bond acceptors (Lipinski definition) is 2. The van der Waals surface area contributed by atoms with Gasteiger partial charge in [-0.05, 0) is 63.4 Å². The van der Waals surface area contributed by atoms with Crippen LogP contribution in [0.3, 0.4) is 0 Å². The summed E-state index contributed by atoms with van der Waals surface area (Å²) in [5.74, 6) is 0. The molecule has 20 heavy (non-hydrogen) atoms. The maximum atomic E-state index is 6.05. The third-order valence-electron chi connectivity index (χ3n) is 4.32. The second kappa shape index (κ2) is 8.02. The number of nitrogens with one attached hydrogen (secondary N) is 1. The fraction of sp³-hybridized carbons (Fsp3) is 0.647. The van der Waals surface area contributed by atoms with Crippen LogP contribution in [-0.2, 0) is 6.54 Å². The molecule has 112 valence electrons. The summed E-state index contributed by atoms with van der Waals surface area (Å²) in [5, 5.41) is 4.49. The zero-order valence-electron chi connectivity index (χ0n) is 12.7. The van der Waals surface area contributed by atoms with Crippen molar-refractivity contribution in [3.05, 3.63) is 34.9 Å². The SMILES string of the molecule is CCCNC1CCC(N(C)Cc2cccc(Cl)c2)CC1. The summed E-state index contributed by atoms with van der Waals surface area (Å²) in [4.78, 5) is 2.49. The van der Waals surface area contributed by atoms with Crippen LogP contribution in [-0.4, -0.2) is 30.6 Å². The molecule has 1 aromatic rings. The Balaban J connectivity index is 1.78. The van der Waals surface area contributed by atoms with Crippen LogP contribution in [0.5, 0.6) is 0 Å². The third-order valence-corrected chi connectivity index (χ3v) is 4.56. The van der Waals surface area contributed by atoms with Gasteiger partial charge in [-0.15, -0.1) is 0 Å². The zero-order valence-corrected chi connectivity index (χ0v) is 13.5. The molecule has 0 atom stereocenters. The lowest BCUT2D eigenvalue weighted by molar-refractivity contribution is 0.168. The van der Waals surface area contributed by atoms with Crippen molar-refractivity contribution in [3.63, 3.8) is 0 Å². The van der Waals surface area contributed by atoms with Gasteiger partial charge in [-0.2, -0.15) is 0 Å². The lowest BCUT2D eigenvalue weighted by atomic mass is 9.90. The van der Waals surface area contributed by atoms with E-state index in [4.69, 9.17) is 11.6 Å². The minimum Gasteiger partial charge on any atom is -0.314 e. The van der Waals surface area contributed by atoms with E-state index >= 15 is 0 Å². The first-order valence-corrected chi connectivity index (χ1v) is 8.25. The summed E-state index contributed by atoms with van der Waals surface area (Å²) < 4.78 is 0. The molecular weight excluding hydrogens is 268 g/mol. The monoisotopic (exact) mass is 294 g/mol. The molecule has 3 heteroatoms. The summed E-state index contributed by atoms with van der Waals surface area (Å²) in [6.07, 6.45) is 6.46. The Hall–Kier alpha value is -0.570. The largest absolute Gasteiger partial charge is 0.314 e. The van der Waals surface area contributed by atoms with E-state index in [9.17, 15) is 0 Å². The molecule has 1 aromatic carbocycles. The summed E-state index contributed by atoms with van der Waals surface area (Å²) >= 11 is 6.05. The second-order valence-corrected chi connectivity index (χ2v) is 6.44. The van der Waals surface area contributed by atoms with E-state index in [1.807, 2.05) is 12.1 Å². The zero-order chi connectivity index (χ0) is 14.4. The topological polar surface area (TPSA) is 15.3 Å². The quantitative estimate of drug-likeness (QED) is 0.850. The smallest absolute Gasteiger partial charge is 0.0409 e. The molecule has 0 amide bonds. The van der Waals surface area contributed by atoms with Gasteiger partial charge in [0, 0.05) is 23.7 Å². The Labute approximate surface area is 128 Å². The van der Waals surface area contributed by atoms with Crippen molar-refractivity contribution in [2.75, 3.05) is 13.6 Å². The van der Waals surface area contributed by atoms with Crippen LogP contribution in [0.15, 0.2) is 24.3 Å². The number of rotatable bonds is 6. The first kappa shape index (κ1) is 15.8. The molecule has 1 saturated carbocycles. The molecule has 0 aliphatic heterocycles. The van der Waals surface area contributed by atoms with E-state index in [2.05, 4.69) is 36.3 Å². The molecule has 0 radical (unpaired) electrons. The van der Waals surface area contributed by atoms with Gasteiger partial charge in [-0.25, -0.2) is 0 Å². The highest BCUT2D eigenvalue weighted by Crippen LogP contribution is 2.24. The summed E-state index contributed by atoms with van der Waals surface area (Å²) in [7, 11) is 2.24. The van der Waals surface area contributed by atoms with Gasteiger partial charge in [0.1, 0.15) is 0 Å². The Morgan fingerprint density at radius 3 is 2.65 bits per heavy atom. The molecule has 1 aliphatic carbocycles. The number of halogens is 1. The van der Waals surface area contributed by atoms with Gasteiger partial charge >= 0.3 is 0 Å². The van der Waals surface area contributed by atoms with E-state index in [1.54, 1.807) is 0 Å². The molecule has 2 rings (SSSR count). The van der Waals surface area contributed by atoms with Crippen LogP contribution >= 0.6 is 11.6 Å². The Morgan fingerprint density at radius 1 is 1.25 bits per heavy atom. The highest BCUT2D eigenvalue weighted by molar-refractivity contribution is 6.30. The van der Waals surface area contributed by atoms with Gasteiger partial charge in [0.15, 0.2) is 0 Å². The van der Waals surface area contributed by atoms with E-state index in [0.717, 1.165) is 24.2 Å². The van der Waals surface area contributed by atoms with Crippen LogP contribution in [0, 0.1) is 0 Å². The average Bonchev–Trinajstić information content (AvgIpc) is 2.45. The third kappa shape index (κ3) is 4.76. The van der Waals surface area contributed by atoms with Gasteiger partial charge in [0.05, 0.1) is 0 Å². The predicted molar refractivity (Wildman–Crippen MR) is 87.3 cm³/mol. The van der Waals surface area contributed by atoms with Crippen molar-refractivity contribution in [3.8, 4) is 0 Å². The molecule has 1 fully saturated rings. The summed E-state index contributed by atoms with van der Waals surface area (Å²) in [6, 6.07) is 9.68. The standard InChI is InChI=1S/C17H27ClN2/c1-3-11-19-16-7-9-17(10-8-16)20(2)13-14-5-4-6-15(18)12-14/h4-6,12,16-17,19H,3,7-11,13H2,1-2H3. The molecular formula is C17H27ClN2. The first-order valence-electron chi connectivity index (χ1n) is 7.87. The molecule has 1 aliphatic rings. The molecule has 0 bridgehead atoms. The van der Waals surface area contributed by atoms with Crippen molar-refractivity contribution in [2.45, 2.75) is 57.7 Å². The Morgan fingerprint density at radius 2 is 2.00 bits per heavy atom. The summed E-state index contributed by atoms with van der Waals surface area (Å²) in [5.41, 5.74) is 1.31. The fourth-order valence-electron chi connectivity index (χ4n) is 3.12. The minimum atomic E-state index is 0.716. The number of nitrogens with zero attached hydrogens (tertiary/aromatic N) is 1. The molecule has 0 spiro atoms. The van der Waals surface area contributed by atoms with Gasteiger partial charge in [-0.3, -0.25) is 4.90 Å². The van der Waals surface area contributed by atoms with Crippen LogP contribution in [0.25, 0.3) is 0 Å². The lowest BCUT2D eigenvalue weighted by Gasteiger charge is -2.35. The number of hydrogen-bond donors (Lipinski definition) is 1. The van der Waals surface area contributed by atoms with Crippen molar-refractivity contribution in [1.82, 2.24) is 10.2 Å². The van der Waals surface area contributed by atoms with Crippen LogP contribution in [0.1, 0.15) is 44.6 Å². The normalized spacial score (nSPS) is 23.2. The van der Waals surface area contributed by atoms with E-state index < -0.39 is 0 Å². The van der Waals surface area contributed by atoms with Crippen molar-refractivity contribution >= 4 is 11.6 Å². The Kier molecular flexibility index (Phi) is 6.34. The van der Waals surface area contributed by atoms with Gasteiger partial charge < -0.3 is 5.32 Å². The number of benzene rings is 1. The van der Waals surface area contributed by atoms with Crippen LogP contribution < -0.4 is 5.32 Å². The second-order valence-electron chi connectivity index (χ2n) is 6.00. The van der Waals surface area contributed by atoms with Crippen LogP contribution in [0.2, 0.25) is 5.02 Å². The molecule has 0 heterocycles. The predicted octanol–water partition coefficient (Wildman–Crippen LogP) is 4.08. The summed E-state index contributed by atoms with van der Waals surface area (Å²) in [6.45, 7) is 4.39. The molecule has 0 unspecified atom stereocenters. The van der Waals surface area contributed by atoms with Gasteiger partial charge in [0.25, 0.3) is 0 Å². The van der Waals surface area contributed by atoms with E-state index in [-0.39, 0.29) is 0 Å². The first-order chi connectivity index (χ1) is 9.69.